The first-order chi connectivity index (χ1) is 20.8. The summed E-state index contributed by atoms with van der Waals surface area (Å²) in [4.78, 5) is 35.4. The zero-order valence-electron chi connectivity index (χ0n) is 23.8. The van der Waals surface area contributed by atoms with E-state index in [1.165, 1.54) is 19.3 Å². The van der Waals surface area contributed by atoms with Gasteiger partial charge in [-0.3, -0.25) is 9.59 Å². The molecule has 1 unspecified atom stereocenters. The van der Waals surface area contributed by atoms with Crippen LogP contribution in [0, 0.1) is 18.8 Å². The first kappa shape index (κ1) is 31.0. The number of hydrogen-bond acceptors (Lipinski definition) is 7. The Labute approximate surface area is 255 Å². The summed E-state index contributed by atoms with van der Waals surface area (Å²) < 4.78 is 41.6. The Morgan fingerprint density at radius 2 is 1.95 bits per heavy atom. The number of likely N-dealkylation sites (tertiary alicyclic amines) is 1. The highest BCUT2D eigenvalue weighted by Gasteiger charge is 2.34. The lowest BCUT2D eigenvalue weighted by molar-refractivity contribution is -0.141. The van der Waals surface area contributed by atoms with Crippen molar-refractivity contribution in [1.29, 1.82) is 0 Å². The number of benzene rings is 2. The predicted molar refractivity (Wildman–Crippen MR) is 158 cm³/mol. The van der Waals surface area contributed by atoms with Crippen molar-refractivity contribution >= 4 is 40.1 Å². The van der Waals surface area contributed by atoms with Gasteiger partial charge in [0.25, 0.3) is 5.91 Å². The summed E-state index contributed by atoms with van der Waals surface area (Å²) in [7, 11) is 0. The van der Waals surface area contributed by atoms with E-state index in [0.717, 1.165) is 24.1 Å². The van der Waals surface area contributed by atoms with Gasteiger partial charge in [-0.2, -0.15) is 18.3 Å². The van der Waals surface area contributed by atoms with Crippen molar-refractivity contribution in [3.8, 4) is 11.8 Å². The van der Waals surface area contributed by atoms with Crippen molar-refractivity contribution in [3.05, 3.63) is 81.3 Å². The standard InChI is InChI=1S/C31H28ClF3N6O3/c1-17-5-6-19(13-26(43)21-7-9-24(32)23(14-21)31(33,34)35)12-20(17)8-10-25-27-28(36)37-16-38-29(27)41(39-25)22-4-3-11-40(15-22)30(44)18(2)42/h5-7,9,12,14,16,18,22,42H,3-4,11,13,15H2,1-2H3,(H2,36,37,38)/t18-,22?/m1/s1. The molecule has 1 amide bonds. The molecule has 44 heavy (non-hydrogen) atoms. The Morgan fingerprint density at radius 1 is 1.18 bits per heavy atom. The number of nitrogen functional groups attached to an aromatic ring is 1. The number of alkyl halides is 3. The first-order valence-electron chi connectivity index (χ1n) is 13.8. The Balaban J connectivity index is 1.44. The third kappa shape index (κ3) is 6.39. The Morgan fingerprint density at radius 3 is 2.68 bits per heavy atom. The summed E-state index contributed by atoms with van der Waals surface area (Å²) in [6.07, 6.45) is -3.17. The van der Waals surface area contributed by atoms with E-state index in [1.54, 1.807) is 27.8 Å². The number of carbonyl (C=O) groups is 2. The number of aromatic nitrogens is 4. The number of anilines is 1. The van der Waals surface area contributed by atoms with Gasteiger partial charge in [-0.1, -0.05) is 29.7 Å². The van der Waals surface area contributed by atoms with Gasteiger partial charge in [0.05, 0.1) is 22.0 Å². The highest BCUT2D eigenvalue weighted by molar-refractivity contribution is 6.31. The number of piperidine rings is 1. The van der Waals surface area contributed by atoms with Crippen LogP contribution < -0.4 is 5.73 Å². The molecule has 1 aliphatic heterocycles. The molecular formula is C31H28ClF3N6O3. The van der Waals surface area contributed by atoms with Crippen LogP contribution in [0.5, 0.6) is 0 Å². The second-order valence-corrected chi connectivity index (χ2v) is 11.1. The lowest BCUT2D eigenvalue weighted by atomic mass is 9.98. The molecule has 1 fully saturated rings. The number of ketones is 1. The molecule has 0 radical (unpaired) electrons. The number of aliphatic hydroxyl groups excluding tert-OH is 1. The number of carbonyl (C=O) groups excluding carboxylic acids is 2. The summed E-state index contributed by atoms with van der Waals surface area (Å²) in [6.45, 7) is 4.15. The molecule has 2 aromatic heterocycles. The largest absolute Gasteiger partial charge is 0.417 e. The fraction of sp³-hybridized carbons (Fsp3) is 0.323. The van der Waals surface area contributed by atoms with E-state index < -0.39 is 28.6 Å². The van der Waals surface area contributed by atoms with Crippen molar-refractivity contribution in [2.75, 3.05) is 18.8 Å². The fourth-order valence-corrected chi connectivity index (χ4v) is 5.42. The number of halogens is 4. The van der Waals surface area contributed by atoms with Gasteiger partial charge < -0.3 is 15.7 Å². The summed E-state index contributed by atoms with van der Waals surface area (Å²) in [5, 5.41) is 14.5. The lowest BCUT2D eigenvalue weighted by Crippen LogP contribution is -2.44. The summed E-state index contributed by atoms with van der Waals surface area (Å²) in [6, 6.07) is 8.09. The minimum Gasteiger partial charge on any atom is -0.384 e. The minimum absolute atomic E-state index is 0.0983. The molecule has 3 N–H and O–H groups in total. The SMILES string of the molecule is Cc1ccc(CC(=O)c2ccc(Cl)c(C(F)(F)F)c2)cc1C#Cc1nn(C2CCCN(C(=O)[C@@H](C)O)C2)c2ncnc(N)c12. The maximum absolute atomic E-state index is 13.3. The van der Waals surface area contributed by atoms with Crippen LogP contribution in [0.15, 0.2) is 42.7 Å². The molecule has 2 aromatic carbocycles. The smallest absolute Gasteiger partial charge is 0.384 e. The number of Topliss-reactive ketones (excluding diaryl/α,β-unsaturated/α-hetero) is 1. The number of aryl methyl sites for hydroxylation is 1. The first-order valence-corrected chi connectivity index (χ1v) is 14.2. The molecular weight excluding hydrogens is 597 g/mol. The third-order valence-electron chi connectivity index (χ3n) is 7.51. The molecule has 1 saturated heterocycles. The van der Waals surface area contributed by atoms with E-state index in [-0.39, 0.29) is 29.8 Å². The van der Waals surface area contributed by atoms with Gasteiger partial charge in [-0.05, 0) is 68.0 Å². The van der Waals surface area contributed by atoms with Gasteiger partial charge in [0.1, 0.15) is 23.9 Å². The van der Waals surface area contributed by atoms with Crippen molar-refractivity contribution < 1.29 is 27.9 Å². The van der Waals surface area contributed by atoms with Crippen molar-refractivity contribution in [2.45, 2.75) is 51.4 Å². The van der Waals surface area contributed by atoms with Crippen LogP contribution in [0.2, 0.25) is 5.02 Å². The quantitative estimate of drug-likeness (QED) is 0.242. The lowest BCUT2D eigenvalue weighted by Gasteiger charge is -2.33. The zero-order valence-corrected chi connectivity index (χ0v) is 24.6. The number of amides is 1. The number of hydrogen-bond donors (Lipinski definition) is 2. The van der Waals surface area contributed by atoms with Gasteiger partial charge in [-0.15, -0.1) is 0 Å². The molecule has 5 rings (SSSR count). The second kappa shape index (κ2) is 12.3. The summed E-state index contributed by atoms with van der Waals surface area (Å²) in [5.74, 6) is 5.47. The maximum atomic E-state index is 13.3. The normalized spacial score (nSPS) is 16.0. The van der Waals surface area contributed by atoms with E-state index in [4.69, 9.17) is 22.4 Å². The molecule has 9 nitrogen and oxygen atoms in total. The maximum Gasteiger partial charge on any atom is 0.417 e. The van der Waals surface area contributed by atoms with Crippen LogP contribution in [-0.2, 0) is 17.4 Å². The molecule has 0 saturated carbocycles. The zero-order chi connectivity index (χ0) is 31.8. The fourth-order valence-electron chi connectivity index (χ4n) is 5.20. The number of nitrogens with two attached hydrogens (primary N) is 1. The van der Waals surface area contributed by atoms with Gasteiger partial charge in [0.15, 0.2) is 11.4 Å². The highest BCUT2D eigenvalue weighted by Crippen LogP contribution is 2.35. The molecule has 1 aliphatic rings. The van der Waals surface area contributed by atoms with Crippen molar-refractivity contribution in [3.63, 3.8) is 0 Å². The topological polar surface area (TPSA) is 127 Å². The second-order valence-electron chi connectivity index (χ2n) is 10.7. The van der Waals surface area contributed by atoms with Gasteiger partial charge in [0.2, 0.25) is 0 Å². The molecule has 3 heterocycles. The average molecular weight is 625 g/mol. The number of rotatable bonds is 5. The van der Waals surface area contributed by atoms with E-state index >= 15 is 0 Å². The molecule has 0 spiro atoms. The Bertz CT molecular complexity index is 1830. The number of aliphatic hydroxyl groups is 1. The molecule has 4 aromatic rings. The molecule has 228 valence electrons. The number of nitrogens with zero attached hydrogens (tertiary/aromatic N) is 5. The van der Waals surface area contributed by atoms with Gasteiger partial charge >= 0.3 is 6.18 Å². The van der Waals surface area contributed by atoms with E-state index in [9.17, 15) is 27.9 Å². The van der Waals surface area contributed by atoms with Gasteiger partial charge in [0, 0.05) is 30.6 Å². The average Bonchev–Trinajstić information content (AvgIpc) is 3.36. The van der Waals surface area contributed by atoms with E-state index in [2.05, 4.69) is 21.8 Å². The van der Waals surface area contributed by atoms with Crippen LogP contribution in [-0.4, -0.2) is 60.6 Å². The summed E-state index contributed by atoms with van der Waals surface area (Å²) >= 11 is 5.70. The van der Waals surface area contributed by atoms with Crippen LogP contribution >= 0.6 is 11.6 Å². The van der Waals surface area contributed by atoms with Crippen molar-refractivity contribution in [2.24, 2.45) is 0 Å². The van der Waals surface area contributed by atoms with Crippen LogP contribution in [0.25, 0.3) is 11.0 Å². The number of fused-ring (bicyclic) bond motifs is 1. The third-order valence-corrected chi connectivity index (χ3v) is 7.84. The predicted octanol–water partition coefficient (Wildman–Crippen LogP) is 4.76. The monoisotopic (exact) mass is 624 g/mol. The molecule has 13 heteroatoms. The van der Waals surface area contributed by atoms with Crippen LogP contribution in [0.4, 0.5) is 19.0 Å². The summed E-state index contributed by atoms with van der Waals surface area (Å²) in [5.41, 5.74) is 7.82. The van der Waals surface area contributed by atoms with Gasteiger partial charge in [-0.25, -0.2) is 14.6 Å². The molecule has 0 aliphatic carbocycles. The Kier molecular flexibility index (Phi) is 8.63. The van der Waals surface area contributed by atoms with Crippen LogP contribution in [0.1, 0.15) is 64.1 Å². The molecule has 0 bridgehead atoms. The van der Waals surface area contributed by atoms with Crippen molar-refractivity contribution in [1.82, 2.24) is 24.6 Å². The molecule has 2 atom stereocenters. The van der Waals surface area contributed by atoms with E-state index in [0.29, 0.717) is 47.4 Å². The highest BCUT2D eigenvalue weighted by atomic mass is 35.5. The Hall–Kier alpha value is -4.47. The van der Waals surface area contributed by atoms with Crippen LogP contribution in [0.3, 0.4) is 0 Å². The van der Waals surface area contributed by atoms with E-state index in [1.807, 2.05) is 6.92 Å². The minimum atomic E-state index is -4.68.